The summed E-state index contributed by atoms with van der Waals surface area (Å²) in [6.45, 7) is 0.385. The average Bonchev–Trinajstić information content (AvgIpc) is 3.01. The van der Waals surface area contributed by atoms with Crippen molar-refractivity contribution in [2.24, 2.45) is 0 Å². The van der Waals surface area contributed by atoms with Crippen LogP contribution in [0.3, 0.4) is 0 Å². The first kappa shape index (κ1) is 26.5. The summed E-state index contributed by atoms with van der Waals surface area (Å²) in [5.74, 6) is 0.737. The number of benzene rings is 5. The minimum atomic E-state index is -4.34. The molecule has 0 unspecified atom stereocenters. The molecule has 0 saturated carbocycles. The molecular formula is C32H26N2O5S. The summed E-state index contributed by atoms with van der Waals surface area (Å²) < 4.78 is 39.0. The fourth-order valence-electron chi connectivity index (χ4n) is 3.88. The van der Waals surface area contributed by atoms with Crippen LogP contribution in [0.5, 0.6) is 11.5 Å². The lowest BCUT2D eigenvalue weighted by Crippen LogP contribution is -2.43. The SMILES string of the molecule is O=C(Oc1ccc(OCc2ccccc2)cc1)N(Nc1ccccc1)S(=O)(=O)c1ccc(-c2ccccc2)cc1. The molecule has 0 fully saturated rings. The predicted molar refractivity (Wildman–Crippen MR) is 154 cm³/mol. The predicted octanol–water partition coefficient (Wildman–Crippen LogP) is 7.15. The van der Waals surface area contributed by atoms with E-state index in [9.17, 15) is 13.2 Å². The van der Waals surface area contributed by atoms with Crippen molar-refractivity contribution >= 4 is 21.8 Å². The number of anilines is 1. The second kappa shape index (κ2) is 12.2. The molecule has 40 heavy (non-hydrogen) atoms. The number of para-hydroxylation sites is 1. The molecule has 0 aliphatic carbocycles. The number of ether oxygens (including phenoxy) is 2. The van der Waals surface area contributed by atoms with Gasteiger partial charge in [0, 0.05) is 0 Å². The van der Waals surface area contributed by atoms with Gasteiger partial charge in [0.2, 0.25) is 0 Å². The van der Waals surface area contributed by atoms with Gasteiger partial charge in [-0.05, 0) is 65.2 Å². The largest absolute Gasteiger partial charge is 0.489 e. The lowest BCUT2D eigenvalue weighted by atomic mass is 10.1. The number of hydrogen-bond donors (Lipinski definition) is 1. The minimum Gasteiger partial charge on any atom is -0.489 e. The zero-order valence-corrected chi connectivity index (χ0v) is 22.2. The standard InChI is InChI=1S/C32H26N2O5S/c35-32(39-30-20-18-29(19-21-30)38-24-25-10-4-1-5-11-25)34(33-28-14-8-3-9-15-28)40(36,37)31-22-16-27(17-23-31)26-12-6-2-7-13-26/h1-23,33H,24H2. The molecule has 0 aliphatic rings. The van der Waals surface area contributed by atoms with Crippen LogP contribution in [0.1, 0.15) is 5.56 Å². The molecule has 0 atom stereocenters. The van der Waals surface area contributed by atoms with Crippen molar-refractivity contribution in [3.8, 4) is 22.6 Å². The normalized spacial score (nSPS) is 10.9. The molecule has 0 heterocycles. The third-order valence-electron chi connectivity index (χ3n) is 5.95. The van der Waals surface area contributed by atoms with Crippen LogP contribution < -0.4 is 14.9 Å². The smallest absolute Gasteiger partial charge is 0.449 e. The highest BCUT2D eigenvalue weighted by molar-refractivity contribution is 7.89. The summed E-state index contributed by atoms with van der Waals surface area (Å²) in [6.07, 6.45) is -1.12. The quantitative estimate of drug-likeness (QED) is 0.196. The zero-order valence-electron chi connectivity index (χ0n) is 21.4. The molecule has 7 nitrogen and oxygen atoms in total. The third kappa shape index (κ3) is 6.48. The molecule has 5 aromatic rings. The fraction of sp³-hybridized carbons (Fsp3) is 0.0312. The van der Waals surface area contributed by atoms with Gasteiger partial charge in [0.1, 0.15) is 18.1 Å². The summed E-state index contributed by atoms with van der Waals surface area (Å²) in [5, 5.41) is 0. The van der Waals surface area contributed by atoms with Gasteiger partial charge in [-0.25, -0.2) is 4.79 Å². The zero-order chi connectivity index (χ0) is 27.8. The first-order valence-electron chi connectivity index (χ1n) is 12.5. The van der Waals surface area contributed by atoms with E-state index in [2.05, 4.69) is 5.43 Å². The van der Waals surface area contributed by atoms with Crippen LogP contribution in [0.2, 0.25) is 0 Å². The number of sulfonamides is 1. The highest BCUT2D eigenvalue weighted by atomic mass is 32.2. The van der Waals surface area contributed by atoms with Crippen molar-refractivity contribution in [1.29, 1.82) is 0 Å². The molecule has 0 radical (unpaired) electrons. The number of amides is 1. The third-order valence-corrected chi connectivity index (χ3v) is 7.54. The maximum Gasteiger partial charge on any atom is 0.449 e. The Bertz CT molecular complexity index is 1640. The van der Waals surface area contributed by atoms with Crippen LogP contribution in [0.15, 0.2) is 144 Å². The van der Waals surface area contributed by atoms with E-state index < -0.39 is 16.1 Å². The van der Waals surface area contributed by atoms with Gasteiger partial charge in [-0.15, -0.1) is 4.41 Å². The molecule has 0 spiro atoms. The average molecular weight is 551 g/mol. The van der Waals surface area contributed by atoms with E-state index >= 15 is 0 Å². The van der Waals surface area contributed by atoms with Crippen molar-refractivity contribution in [2.75, 3.05) is 5.43 Å². The fourth-order valence-corrected chi connectivity index (χ4v) is 5.03. The number of hydrogen-bond acceptors (Lipinski definition) is 6. The van der Waals surface area contributed by atoms with E-state index in [0.717, 1.165) is 16.7 Å². The minimum absolute atomic E-state index is 0.0720. The second-order valence-corrected chi connectivity index (χ2v) is 10.5. The van der Waals surface area contributed by atoms with E-state index in [1.165, 1.54) is 12.1 Å². The topological polar surface area (TPSA) is 84.9 Å². The van der Waals surface area contributed by atoms with Crippen molar-refractivity contribution in [3.63, 3.8) is 0 Å². The molecule has 0 saturated heterocycles. The Balaban J connectivity index is 1.34. The Morgan fingerprint density at radius 3 is 1.77 bits per heavy atom. The van der Waals surface area contributed by atoms with Gasteiger partial charge in [-0.3, -0.25) is 5.43 Å². The number of nitrogens with one attached hydrogen (secondary N) is 1. The molecule has 1 N–H and O–H groups in total. The molecule has 1 amide bonds. The number of carbonyl (C=O) groups is 1. The second-order valence-electron chi connectivity index (χ2n) is 8.75. The Labute approximate surface area is 233 Å². The monoisotopic (exact) mass is 550 g/mol. The van der Waals surface area contributed by atoms with Crippen LogP contribution in [0, 0.1) is 0 Å². The van der Waals surface area contributed by atoms with Gasteiger partial charge < -0.3 is 9.47 Å². The Hall–Kier alpha value is -5.08. The molecule has 5 aromatic carbocycles. The summed E-state index contributed by atoms with van der Waals surface area (Å²) in [6, 6.07) is 40.5. The number of carbonyl (C=O) groups excluding carboxylic acids is 1. The van der Waals surface area contributed by atoms with Crippen molar-refractivity contribution in [3.05, 3.63) is 145 Å². The Morgan fingerprint density at radius 1 is 0.625 bits per heavy atom. The molecule has 200 valence electrons. The van der Waals surface area contributed by atoms with Crippen molar-refractivity contribution in [2.45, 2.75) is 11.5 Å². The first-order valence-corrected chi connectivity index (χ1v) is 13.9. The molecular weight excluding hydrogens is 524 g/mol. The van der Waals surface area contributed by atoms with E-state index in [1.54, 1.807) is 66.7 Å². The first-order chi connectivity index (χ1) is 19.5. The van der Waals surface area contributed by atoms with Crippen LogP contribution in [-0.4, -0.2) is 18.9 Å². The van der Waals surface area contributed by atoms with Crippen molar-refractivity contribution < 1.29 is 22.7 Å². The van der Waals surface area contributed by atoms with Crippen LogP contribution >= 0.6 is 0 Å². The Morgan fingerprint density at radius 2 is 1.15 bits per heavy atom. The van der Waals surface area contributed by atoms with Gasteiger partial charge in [-0.2, -0.15) is 8.42 Å². The molecule has 5 rings (SSSR count). The number of hydrazine groups is 1. The van der Waals surface area contributed by atoms with Crippen LogP contribution in [0.4, 0.5) is 10.5 Å². The summed E-state index contributed by atoms with van der Waals surface area (Å²) in [4.78, 5) is 13.2. The molecule has 0 bridgehead atoms. The number of nitrogens with zero attached hydrogens (tertiary/aromatic N) is 1. The van der Waals surface area contributed by atoms with Crippen LogP contribution in [0.25, 0.3) is 11.1 Å². The molecule has 0 aliphatic heterocycles. The van der Waals surface area contributed by atoms with E-state index in [1.807, 2.05) is 60.7 Å². The molecule has 8 heteroatoms. The van der Waals surface area contributed by atoms with Gasteiger partial charge in [-0.1, -0.05) is 91.0 Å². The highest BCUT2D eigenvalue weighted by Gasteiger charge is 2.32. The van der Waals surface area contributed by atoms with Crippen molar-refractivity contribution in [1.82, 2.24) is 4.41 Å². The maximum atomic E-state index is 13.6. The van der Waals surface area contributed by atoms with E-state index in [-0.39, 0.29) is 10.6 Å². The lowest BCUT2D eigenvalue weighted by molar-refractivity contribution is 0.184. The summed E-state index contributed by atoms with van der Waals surface area (Å²) in [5.41, 5.74) is 5.89. The van der Waals surface area contributed by atoms with Gasteiger partial charge in [0.15, 0.2) is 0 Å². The lowest BCUT2D eigenvalue weighted by Gasteiger charge is -2.23. The van der Waals surface area contributed by atoms with Crippen LogP contribution in [-0.2, 0) is 16.6 Å². The summed E-state index contributed by atoms with van der Waals surface area (Å²) >= 11 is 0. The number of rotatable bonds is 9. The van der Waals surface area contributed by atoms with Gasteiger partial charge >= 0.3 is 6.09 Å². The van der Waals surface area contributed by atoms with Gasteiger partial charge in [0.05, 0.1) is 10.6 Å². The van der Waals surface area contributed by atoms with E-state index in [0.29, 0.717) is 22.5 Å². The highest BCUT2D eigenvalue weighted by Crippen LogP contribution is 2.25. The molecule has 0 aromatic heterocycles. The Kier molecular flexibility index (Phi) is 8.08. The van der Waals surface area contributed by atoms with E-state index in [4.69, 9.17) is 9.47 Å². The van der Waals surface area contributed by atoms with Gasteiger partial charge in [0.25, 0.3) is 10.0 Å². The maximum absolute atomic E-state index is 13.6. The summed E-state index contributed by atoms with van der Waals surface area (Å²) in [7, 11) is -4.34.